The number of carboxylic acids is 1. The predicted molar refractivity (Wildman–Crippen MR) is 68.8 cm³/mol. The average molecular weight is 252 g/mol. The molecular weight excluding hydrogens is 232 g/mol. The van der Waals surface area contributed by atoms with Gasteiger partial charge < -0.3 is 14.6 Å². The third-order valence-electron chi connectivity index (χ3n) is 2.80. The summed E-state index contributed by atoms with van der Waals surface area (Å²) < 4.78 is 10.3. The number of ether oxygens (including phenoxy) is 2. The van der Waals surface area contributed by atoms with Gasteiger partial charge in [0, 0.05) is 7.11 Å². The van der Waals surface area contributed by atoms with Crippen molar-refractivity contribution in [2.75, 3.05) is 14.2 Å². The molecule has 0 saturated carbocycles. The minimum absolute atomic E-state index is 0.455. The second-order valence-electron chi connectivity index (χ2n) is 4.99. The molecule has 100 valence electrons. The Hall–Kier alpha value is -1.55. The number of carboxylic acid groups (broad SMARTS) is 1. The van der Waals surface area contributed by atoms with Crippen molar-refractivity contribution in [2.24, 2.45) is 5.41 Å². The molecule has 4 nitrogen and oxygen atoms in total. The first-order valence-corrected chi connectivity index (χ1v) is 5.78. The van der Waals surface area contributed by atoms with Gasteiger partial charge in [-0.3, -0.25) is 4.79 Å². The molecule has 1 rings (SSSR count). The van der Waals surface area contributed by atoms with Crippen molar-refractivity contribution < 1.29 is 19.4 Å². The maximum absolute atomic E-state index is 11.1. The van der Waals surface area contributed by atoms with Gasteiger partial charge in [0.05, 0.1) is 19.1 Å². The van der Waals surface area contributed by atoms with E-state index in [1.807, 2.05) is 18.2 Å². The van der Waals surface area contributed by atoms with Gasteiger partial charge in [0.1, 0.15) is 5.75 Å². The summed E-state index contributed by atoms with van der Waals surface area (Å²) in [5, 5.41) is 9.15. The zero-order valence-corrected chi connectivity index (χ0v) is 11.3. The summed E-state index contributed by atoms with van der Waals surface area (Å²) in [6.45, 7) is 3.91. The Morgan fingerprint density at radius 2 is 1.83 bits per heavy atom. The molecule has 0 heterocycles. The summed E-state index contributed by atoms with van der Waals surface area (Å²) in [7, 11) is 3.22. The Morgan fingerprint density at radius 3 is 2.33 bits per heavy atom. The van der Waals surface area contributed by atoms with E-state index in [1.54, 1.807) is 28.1 Å². The lowest BCUT2D eigenvalue weighted by molar-refractivity contribution is -0.146. The third-order valence-corrected chi connectivity index (χ3v) is 2.80. The SMILES string of the molecule is COCc1cc(CC(C)(C)C(=O)O)cc(OC)c1. The highest BCUT2D eigenvalue weighted by atomic mass is 16.5. The molecule has 0 spiro atoms. The van der Waals surface area contributed by atoms with Gasteiger partial charge in [-0.05, 0) is 43.5 Å². The molecule has 0 amide bonds. The van der Waals surface area contributed by atoms with E-state index < -0.39 is 11.4 Å². The van der Waals surface area contributed by atoms with Gasteiger partial charge in [0.15, 0.2) is 0 Å². The van der Waals surface area contributed by atoms with Crippen LogP contribution in [0.3, 0.4) is 0 Å². The maximum atomic E-state index is 11.1. The van der Waals surface area contributed by atoms with Gasteiger partial charge >= 0.3 is 5.97 Å². The molecule has 0 radical (unpaired) electrons. The van der Waals surface area contributed by atoms with E-state index in [4.69, 9.17) is 14.6 Å². The highest BCUT2D eigenvalue weighted by Gasteiger charge is 2.27. The average Bonchev–Trinajstić information content (AvgIpc) is 2.28. The largest absolute Gasteiger partial charge is 0.497 e. The highest BCUT2D eigenvalue weighted by molar-refractivity contribution is 5.74. The van der Waals surface area contributed by atoms with E-state index in [1.165, 1.54) is 0 Å². The van der Waals surface area contributed by atoms with E-state index in [2.05, 4.69) is 0 Å². The van der Waals surface area contributed by atoms with Crippen LogP contribution in [0.25, 0.3) is 0 Å². The van der Waals surface area contributed by atoms with Gasteiger partial charge in [-0.15, -0.1) is 0 Å². The van der Waals surface area contributed by atoms with E-state index in [9.17, 15) is 4.79 Å². The molecule has 0 aliphatic heterocycles. The number of hydrogen-bond acceptors (Lipinski definition) is 3. The van der Waals surface area contributed by atoms with Crippen molar-refractivity contribution in [1.82, 2.24) is 0 Å². The fourth-order valence-corrected chi connectivity index (χ4v) is 1.78. The van der Waals surface area contributed by atoms with E-state index in [0.717, 1.165) is 16.9 Å². The van der Waals surface area contributed by atoms with Crippen molar-refractivity contribution >= 4 is 5.97 Å². The number of rotatable bonds is 6. The summed E-state index contributed by atoms with van der Waals surface area (Å²) in [5.41, 5.74) is 1.12. The number of aliphatic carboxylic acids is 1. The molecule has 0 unspecified atom stereocenters. The first-order chi connectivity index (χ1) is 8.39. The second-order valence-corrected chi connectivity index (χ2v) is 4.99. The molecule has 1 aromatic rings. The number of benzene rings is 1. The van der Waals surface area contributed by atoms with Crippen LogP contribution in [0.15, 0.2) is 18.2 Å². The van der Waals surface area contributed by atoms with Crippen LogP contribution in [0.5, 0.6) is 5.75 Å². The Labute approximate surface area is 108 Å². The highest BCUT2D eigenvalue weighted by Crippen LogP contribution is 2.26. The Kier molecular flexibility index (Phi) is 4.73. The Bertz CT molecular complexity index is 424. The van der Waals surface area contributed by atoms with Crippen LogP contribution in [-0.2, 0) is 22.6 Å². The smallest absolute Gasteiger partial charge is 0.309 e. The minimum Gasteiger partial charge on any atom is -0.497 e. The van der Waals surface area contributed by atoms with E-state index in [-0.39, 0.29) is 0 Å². The summed E-state index contributed by atoms with van der Waals surface area (Å²) in [4.78, 5) is 11.1. The zero-order valence-electron chi connectivity index (χ0n) is 11.3. The van der Waals surface area contributed by atoms with Gasteiger partial charge in [0.25, 0.3) is 0 Å². The molecule has 1 aromatic carbocycles. The van der Waals surface area contributed by atoms with Gasteiger partial charge in [0.2, 0.25) is 0 Å². The van der Waals surface area contributed by atoms with Crippen molar-refractivity contribution in [3.05, 3.63) is 29.3 Å². The molecule has 0 aliphatic carbocycles. The predicted octanol–water partition coefficient (Wildman–Crippen LogP) is 2.49. The molecule has 0 aliphatic rings. The van der Waals surface area contributed by atoms with Crippen LogP contribution < -0.4 is 4.74 Å². The second kappa shape index (κ2) is 5.87. The Morgan fingerprint density at radius 1 is 1.22 bits per heavy atom. The van der Waals surface area contributed by atoms with Gasteiger partial charge in [-0.25, -0.2) is 0 Å². The molecule has 0 atom stereocenters. The monoisotopic (exact) mass is 252 g/mol. The third kappa shape index (κ3) is 3.74. The fourth-order valence-electron chi connectivity index (χ4n) is 1.78. The quantitative estimate of drug-likeness (QED) is 0.845. The van der Waals surface area contributed by atoms with Gasteiger partial charge in [-0.2, -0.15) is 0 Å². The summed E-state index contributed by atoms with van der Waals surface area (Å²) in [5.74, 6) is -0.0839. The molecule has 0 aromatic heterocycles. The molecule has 0 fully saturated rings. The summed E-state index contributed by atoms with van der Waals surface area (Å²) in [6, 6.07) is 5.71. The summed E-state index contributed by atoms with van der Waals surface area (Å²) in [6.07, 6.45) is 0.455. The van der Waals surface area contributed by atoms with Crippen LogP contribution in [0, 0.1) is 5.41 Å². The van der Waals surface area contributed by atoms with Crippen molar-refractivity contribution in [2.45, 2.75) is 26.9 Å². The Balaban J connectivity index is 3.01. The normalized spacial score (nSPS) is 11.3. The number of methoxy groups -OCH3 is 2. The molecular formula is C14H20O4. The topological polar surface area (TPSA) is 55.8 Å². The van der Waals surface area contributed by atoms with E-state index >= 15 is 0 Å². The van der Waals surface area contributed by atoms with Crippen molar-refractivity contribution in [3.8, 4) is 5.75 Å². The molecule has 4 heteroatoms. The maximum Gasteiger partial charge on any atom is 0.309 e. The molecule has 0 bridgehead atoms. The van der Waals surface area contributed by atoms with Crippen LogP contribution in [-0.4, -0.2) is 25.3 Å². The van der Waals surface area contributed by atoms with Crippen LogP contribution in [0.1, 0.15) is 25.0 Å². The molecule has 1 N–H and O–H groups in total. The number of carbonyl (C=O) groups is 1. The van der Waals surface area contributed by atoms with Crippen molar-refractivity contribution in [3.63, 3.8) is 0 Å². The first-order valence-electron chi connectivity index (χ1n) is 5.78. The van der Waals surface area contributed by atoms with Crippen LogP contribution >= 0.6 is 0 Å². The number of hydrogen-bond donors (Lipinski definition) is 1. The fraction of sp³-hybridized carbons (Fsp3) is 0.500. The lowest BCUT2D eigenvalue weighted by atomic mass is 9.85. The zero-order chi connectivity index (χ0) is 13.8. The van der Waals surface area contributed by atoms with Crippen molar-refractivity contribution in [1.29, 1.82) is 0 Å². The molecule has 0 saturated heterocycles. The van der Waals surface area contributed by atoms with Crippen LogP contribution in [0.4, 0.5) is 0 Å². The lowest BCUT2D eigenvalue weighted by Crippen LogP contribution is -2.26. The summed E-state index contributed by atoms with van der Waals surface area (Å²) >= 11 is 0. The standard InChI is InChI=1S/C14H20O4/c1-14(2,13(15)16)8-10-5-11(9-17-3)7-12(6-10)18-4/h5-7H,8-9H2,1-4H3,(H,15,16). The van der Waals surface area contributed by atoms with E-state index in [0.29, 0.717) is 13.0 Å². The van der Waals surface area contributed by atoms with Gasteiger partial charge in [-0.1, -0.05) is 6.07 Å². The first kappa shape index (κ1) is 14.5. The minimum atomic E-state index is -0.807. The molecule has 18 heavy (non-hydrogen) atoms. The van der Waals surface area contributed by atoms with Crippen LogP contribution in [0.2, 0.25) is 0 Å². The lowest BCUT2D eigenvalue weighted by Gasteiger charge is -2.20.